The molecular formula is C23H21Cl2N3O5S2. The predicted octanol–water partition coefficient (Wildman–Crippen LogP) is 5.03. The third-order valence-electron chi connectivity index (χ3n) is 5.46. The summed E-state index contributed by atoms with van der Waals surface area (Å²) in [5.74, 6) is 0.0176. The van der Waals surface area contributed by atoms with Gasteiger partial charge in [0.15, 0.2) is 0 Å². The van der Waals surface area contributed by atoms with E-state index in [1.54, 1.807) is 24.0 Å². The van der Waals surface area contributed by atoms with Crippen molar-refractivity contribution < 1.29 is 21.6 Å². The molecule has 0 atom stereocenters. The summed E-state index contributed by atoms with van der Waals surface area (Å²) in [5, 5.41) is 0.268. The van der Waals surface area contributed by atoms with Crippen molar-refractivity contribution in [3.63, 3.8) is 0 Å². The van der Waals surface area contributed by atoms with Gasteiger partial charge in [-0.2, -0.15) is 0 Å². The molecular weight excluding hydrogens is 533 g/mol. The SMILES string of the molecule is Cc1cc(S(=O)(=O)Nc2ccc(S(=O)(=O)Nc3cccc(Cl)c3Cl)cc2)ccc1N1CCCC1=O. The zero-order valence-corrected chi connectivity index (χ0v) is 21.6. The Morgan fingerprint density at radius 3 is 2.14 bits per heavy atom. The highest BCUT2D eigenvalue weighted by molar-refractivity contribution is 7.93. The first-order valence-corrected chi connectivity index (χ1v) is 14.2. The second kappa shape index (κ2) is 9.69. The summed E-state index contributed by atoms with van der Waals surface area (Å²) in [4.78, 5) is 13.6. The lowest BCUT2D eigenvalue weighted by molar-refractivity contribution is -0.117. The summed E-state index contributed by atoms with van der Waals surface area (Å²) in [6, 6.07) is 14.3. The standard InChI is InChI=1S/C23H21Cl2N3O5S2/c1-15-14-18(11-12-21(15)28-13-3-6-22(28)29)35(32,33)26-16-7-9-17(10-8-16)34(30,31)27-20-5-2-4-19(24)23(20)25/h2,4-5,7-12,14,26-27H,3,6,13H2,1H3. The van der Waals surface area contributed by atoms with Crippen molar-refractivity contribution in [2.75, 3.05) is 20.9 Å². The quantitative estimate of drug-likeness (QED) is 0.426. The molecule has 0 radical (unpaired) electrons. The number of amides is 1. The summed E-state index contributed by atoms with van der Waals surface area (Å²) in [6.07, 6.45) is 1.25. The molecule has 0 aromatic heterocycles. The van der Waals surface area contributed by atoms with Gasteiger partial charge >= 0.3 is 0 Å². The van der Waals surface area contributed by atoms with Crippen LogP contribution in [0.5, 0.6) is 0 Å². The van der Waals surface area contributed by atoms with Crippen molar-refractivity contribution in [3.8, 4) is 0 Å². The fourth-order valence-electron chi connectivity index (χ4n) is 3.70. The summed E-state index contributed by atoms with van der Waals surface area (Å²) in [7, 11) is -7.94. The molecule has 1 aliphatic heterocycles. The van der Waals surface area contributed by atoms with Gasteiger partial charge in [0.2, 0.25) is 5.91 Å². The summed E-state index contributed by atoms with van der Waals surface area (Å²) >= 11 is 12.0. The molecule has 3 aromatic rings. The maximum atomic E-state index is 12.9. The number of benzene rings is 3. The molecule has 2 N–H and O–H groups in total. The van der Waals surface area contributed by atoms with E-state index in [0.29, 0.717) is 24.2 Å². The average molecular weight is 554 g/mol. The van der Waals surface area contributed by atoms with E-state index in [1.807, 2.05) is 0 Å². The van der Waals surface area contributed by atoms with Crippen LogP contribution < -0.4 is 14.3 Å². The van der Waals surface area contributed by atoms with E-state index in [4.69, 9.17) is 23.2 Å². The number of carbonyl (C=O) groups is 1. The number of hydrogen-bond donors (Lipinski definition) is 2. The molecule has 184 valence electrons. The highest BCUT2D eigenvalue weighted by Crippen LogP contribution is 2.32. The van der Waals surface area contributed by atoms with E-state index in [-0.39, 0.29) is 37.1 Å². The molecule has 4 rings (SSSR count). The molecule has 1 heterocycles. The van der Waals surface area contributed by atoms with E-state index in [0.717, 1.165) is 6.42 Å². The highest BCUT2D eigenvalue weighted by atomic mass is 35.5. The second-order valence-electron chi connectivity index (χ2n) is 7.93. The Morgan fingerprint density at radius 1 is 0.857 bits per heavy atom. The summed E-state index contributed by atoms with van der Waals surface area (Å²) in [5.41, 5.74) is 1.66. The molecule has 1 fully saturated rings. The van der Waals surface area contributed by atoms with Crippen molar-refractivity contribution in [2.45, 2.75) is 29.6 Å². The van der Waals surface area contributed by atoms with Crippen molar-refractivity contribution in [1.29, 1.82) is 0 Å². The zero-order valence-electron chi connectivity index (χ0n) is 18.5. The van der Waals surface area contributed by atoms with Crippen LogP contribution in [0.25, 0.3) is 0 Å². The highest BCUT2D eigenvalue weighted by Gasteiger charge is 2.24. The van der Waals surface area contributed by atoms with Crippen LogP contribution in [0.2, 0.25) is 10.0 Å². The molecule has 35 heavy (non-hydrogen) atoms. The number of aryl methyl sites for hydroxylation is 1. The maximum absolute atomic E-state index is 12.9. The normalized spacial score (nSPS) is 14.3. The number of hydrogen-bond acceptors (Lipinski definition) is 5. The fourth-order valence-corrected chi connectivity index (χ4v) is 6.32. The van der Waals surface area contributed by atoms with Gasteiger partial charge in [-0.3, -0.25) is 14.2 Å². The fraction of sp³-hybridized carbons (Fsp3) is 0.174. The third kappa shape index (κ3) is 5.40. The van der Waals surface area contributed by atoms with E-state index < -0.39 is 20.0 Å². The molecule has 12 heteroatoms. The average Bonchev–Trinajstić information content (AvgIpc) is 3.22. The number of halogens is 2. The minimum atomic E-state index is -3.99. The first-order chi connectivity index (χ1) is 16.5. The van der Waals surface area contributed by atoms with Crippen molar-refractivity contribution in [3.05, 3.63) is 76.3 Å². The van der Waals surface area contributed by atoms with Gasteiger partial charge in [-0.05, 0) is 73.5 Å². The van der Waals surface area contributed by atoms with E-state index in [9.17, 15) is 21.6 Å². The first kappa shape index (κ1) is 25.3. The molecule has 3 aromatic carbocycles. The van der Waals surface area contributed by atoms with Gasteiger partial charge in [-0.25, -0.2) is 16.8 Å². The number of sulfonamides is 2. The lowest BCUT2D eigenvalue weighted by Crippen LogP contribution is -2.24. The predicted molar refractivity (Wildman–Crippen MR) is 137 cm³/mol. The first-order valence-electron chi connectivity index (χ1n) is 10.5. The number of rotatable bonds is 7. The number of carbonyl (C=O) groups excluding carboxylic acids is 1. The molecule has 1 aliphatic rings. The second-order valence-corrected chi connectivity index (χ2v) is 12.1. The number of nitrogens with zero attached hydrogens (tertiary/aromatic N) is 1. The van der Waals surface area contributed by atoms with Gasteiger partial charge in [-0.15, -0.1) is 0 Å². The van der Waals surface area contributed by atoms with E-state index in [2.05, 4.69) is 9.44 Å². The molecule has 1 amide bonds. The summed E-state index contributed by atoms with van der Waals surface area (Å²) in [6.45, 7) is 2.36. The molecule has 1 saturated heterocycles. The van der Waals surface area contributed by atoms with Crippen LogP contribution in [0.15, 0.2) is 70.5 Å². The minimum absolute atomic E-state index is 0.0176. The molecule has 0 unspecified atom stereocenters. The van der Waals surface area contributed by atoms with Crippen LogP contribution in [0.4, 0.5) is 17.1 Å². The lowest BCUT2D eigenvalue weighted by Gasteiger charge is -2.19. The van der Waals surface area contributed by atoms with Gasteiger partial charge in [0.05, 0.1) is 25.5 Å². The van der Waals surface area contributed by atoms with Crippen LogP contribution in [0.1, 0.15) is 18.4 Å². The van der Waals surface area contributed by atoms with Gasteiger partial charge in [0.25, 0.3) is 20.0 Å². The molecule has 0 saturated carbocycles. The Balaban J connectivity index is 1.51. The lowest BCUT2D eigenvalue weighted by atomic mass is 10.2. The van der Waals surface area contributed by atoms with E-state index >= 15 is 0 Å². The smallest absolute Gasteiger partial charge is 0.261 e. The van der Waals surface area contributed by atoms with E-state index in [1.165, 1.54) is 48.5 Å². The molecule has 0 bridgehead atoms. The van der Waals surface area contributed by atoms with Crippen molar-refractivity contribution in [1.82, 2.24) is 0 Å². The van der Waals surface area contributed by atoms with Gasteiger partial charge < -0.3 is 4.90 Å². The van der Waals surface area contributed by atoms with Crippen LogP contribution in [-0.4, -0.2) is 29.3 Å². The van der Waals surface area contributed by atoms with Gasteiger partial charge in [0.1, 0.15) is 0 Å². The van der Waals surface area contributed by atoms with Crippen LogP contribution >= 0.6 is 23.2 Å². The molecule has 0 aliphatic carbocycles. The van der Waals surface area contributed by atoms with Crippen LogP contribution in [-0.2, 0) is 24.8 Å². The van der Waals surface area contributed by atoms with Crippen LogP contribution in [0, 0.1) is 6.92 Å². The largest absolute Gasteiger partial charge is 0.312 e. The Hall–Kier alpha value is -2.79. The maximum Gasteiger partial charge on any atom is 0.261 e. The monoisotopic (exact) mass is 553 g/mol. The number of anilines is 3. The Labute approximate surface area is 214 Å². The van der Waals surface area contributed by atoms with Crippen molar-refractivity contribution in [2.24, 2.45) is 0 Å². The molecule has 8 nitrogen and oxygen atoms in total. The Bertz CT molecular complexity index is 1510. The van der Waals surface area contributed by atoms with Gasteiger partial charge in [0, 0.05) is 24.3 Å². The summed E-state index contributed by atoms with van der Waals surface area (Å²) < 4.78 is 56.0. The van der Waals surface area contributed by atoms with Crippen LogP contribution in [0.3, 0.4) is 0 Å². The zero-order chi connectivity index (χ0) is 25.4. The van der Waals surface area contributed by atoms with Gasteiger partial charge in [-0.1, -0.05) is 29.3 Å². The minimum Gasteiger partial charge on any atom is -0.312 e. The Kier molecular flexibility index (Phi) is 7.01. The third-order valence-corrected chi connectivity index (χ3v) is 9.03. The Morgan fingerprint density at radius 2 is 1.51 bits per heavy atom. The molecule has 0 spiro atoms. The number of nitrogens with one attached hydrogen (secondary N) is 2. The topological polar surface area (TPSA) is 113 Å². The van der Waals surface area contributed by atoms with Crippen molar-refractivity contribution >= 4 is 66.2 Å².